The smallest absolute Gasteiger partial charge is 0.194 e. The Kier molecular flexibility index (Phi) is 5.33. The van der Waals surface area contributed by atoms with Gasteiger partial charge in [-0.25, -0.2) is 4.98 Å². The second-order valence-electron chi connectivity index (χ2n) is 4.17. The van der Waals surface area contributed by atoms with E-state index in [1.54, 1.807) is 11.3 Å². The number of nitrogens with zero attached hydrogens (tertiary/aromatic N) is 2. The summed E-state index contributed by atoms with van der Waals surface area (Å²) < 4.78 is 13.1. The SMILES string of the molecule is CCOC(CNCc1c(C)nc2sccn12)OCC. The van der Waals surface area contributed by atoms with Gasteiger partial charge in [-0.1, -0.05) is 0 Å². The number of hydrogen-bond acceptors (Lipinski definition) is 5. The van der Waals surface area contributed by atoms with Crippen LogP contribution >= 0.6 is 11.3 Å². The highest BCUT2D eigenvalue weighted by Crippen LogP contribution is 2.16. The second kappa shape index (κ2) is 7.00. The van der Waals surface area contributed by atoms with Crippen molar-refractivity contribution in [1.82, 2.24) is 14.7 Å². The second-order valence-corrected chi connectivity index (χ2v) is 5.04. The minimum absolute atomic E-state index is 0.179. The molecule has 6 heteroatoms. The number of nitrogens with one attached hydrogen (secondary N) is 1. The van der Waals surface area contributed by atoms with E-state index < -0.39 is 0 Å². The number of rotatable bonds is 8. The first kappa shape index (κ1) is 14.5. The maximum Gasteiger partial charge on any atom is 0.194 e. The number of hydrogen-bond donors (Lipinski definition) is 1. The lowest BCUT2D eigenvalue weighted by Gasteiger charge is -2.17. The van der Waals surface area contributed by atoms with Gasteiger partial charge in [0.25, 0.3) is 0 Å². The van der Waals surface area contributed by atoms with Crippen LogP contribution in [0, 0.1) is 6.92 Å². The topological polar surface area (TPSA) is 47.8 Å². The van der Waals surface area contributed by atoms with Gasteiger partial charge in [0.2, 0.25) is 0 Å². The Hall–Kier alpha value is -0.950. The van der Waals surface area contributed by atoms with Crippen LogP contribution in [0.4, 0.5) is 0 Å². The Morgan fingerprint density at radius 3 is 2.79 bits per heavy atom. The highest BCUT2D eigenvalue weighted by atomic mass is 32.1. The predicted octanol–water partition coefficient (Wildman–Crippen LogP) is 2.19. The molecular formula is C13H21N3O2S. The molecule has 0 aliphatic rings. The van der Waals surface area contributed by atoms with E-state index in [2.05, 4.69) is 26.3 Å². The van der Waals surface area contributed by atoms with Gasteiger partial charge in [0.05, 0.1) is 11.4 Å². The molecule has 2 aromatic rings. The third-order valence-electron chi connectivity index (χ3n) is 2.87. The summed E-state index contributed by atoms with van der Waals surface area (Å²) in [6.45, 7) is 8.75. The van der Waals surface area contributed by atoms with Gasteiger partial charge >= 0.3 is 0 Å². The summed E-state index contributed by atoms with van der Waals surface area (Å²) in [5, 5.41) is 5.42. The molecular weight excluding hydrogens is 262 g/mol. The van der Waals surface area contributed by atoms with E-state index >= 15 is 0 Å². The van der Waals surface area contributed by atoms with Crippen LogP contribution in [-0.2, 0) is 16.0 Å². The molecule has 0 saturated carbocycles. The molecule has 2 rings (SSSR count). The largest absolute Gasteiger partial charge is 0.352 e. The monoisotopic (exact) mass is 283 g/mol. The normalized spacial score (nSPS) is 11.8. The number of ether oxygens (including phenoxy) is 2. The molecule has 0 atom stereocenters. The fraction of sp³-hybridized carbons (Fsp3) is 0.615. The first-order chi connectivity index (χ1) is 9.26. The van der Waals surface area contributed by atoms with Crippen molar-refractivity contribution in [2.45, 2.75) is 33.6 Å². The minimum atomic E-state index is -0.179. The summed E-state index contributed by atoms with van der Waals surface area (Å²) in [4.78, 5) is 5.56. The van der Waals surface area contributed by atoms with Gasteiger partial charge in [-0.15, -0.1) is 11.3 Å². The van der Waals surface area contributed by atoms with E-state index in [0.717, 1.165) is 17.2 Å². The van der Waals surface area contributed by atoms with Crippen LogP contribution in [0.1, 0.15) is 25.2 Å². The Morgan fingerprint density at radius 1 is 1.37 bits per heavy atom. The van der Waals surface area contributed by atoms with Crippen molar-refractivity contribution in [1.29, 1.82) is 0 Å². The third-order valence-corrected chi connectivity index (χ3v) is 3.63. The lowest BCUT2D eigenvalue weighted by Crippen LogP contribution is -2.31. The molecule has 0 aliphatic carbocycles. The molecule has 106 valence electrons. The van der Waals surface area contributed by atoms with Crippen LogP contribution in [0.25, 0.3) is 4.96 Å². The van der Waals surface area contributed by atoms with E-state index in [0.29, 0.717) is 19.8 Å². The Bertz CT molecular complexity index is 503. The van der Waals surface area contributed by atoms with Crippen molar-refractivity contribution in [2.75, 3.05) is 19.8 Å². The molecule has 0 saturated heterocycles. The average Bonchev–Trinajstić information content (AvgIpc) is 2.92. The zero-order valence-corrected chi connectivity index (χ0v) is 12.5. The van der Waals surface area contributed by atoms with Gasteiger partial charge < -0.3 is 14.8 Å². The molecule has 0 aliphatic heterocycles. The summed E-state index contributed by atoms with van der Waals surface area (Å²) in [6, 6.07) is 0. The van der Waals surface area contributed by atoms with E-state index in [1.165, 1.54) is 5.69 Å². The van der Waals surface area contributed by atoms with Gasteiger partial charge in [0.15, 0.2) is 11.3 Å². The van der Waals surface area contributed by atoms with E-state index in [1.807, 2.05) is 20.8 Å². The minimum Gasteiger partial charge on any atom is -0.352 e. The maximum absolute atomic E-state index is 5.50. The van der Waals surface area contributed by atoms with Crippen LogP contribution in [0.5, 0.6) is 0 Å². The van der Waals surface area contributed by atoms with Crippen LogP contribution in [-0.4, -0.2) is 35.4 Å². The molecule has 2 heterocycles. The average molecular weight is 283 g/mol. The zero-order chi connectivity index (χ0) is 13.7. The Labute approximate surface area is 117 Å². The summed E-state index contributed by atoms with van der Waals surface area (Å²) in [5.41, 5.74) is 2.27. The third kappa shape index (κ3) is 3.54. The van der Waals surface area contributed by atoms with E-state index in [-0.39, 0.29) is 6.29 Å². The number of aromatic nitrogens is 2. The number of thiazole rings is 1. The first-order valence-electron chi connectivity index (χ1n) is 6.61. The van der Waals surface area contributed by atoms with Crippen molar-refractivity contribution in [3.8, 4) is 0 Å². The lowest BCUT2D eigenvalue weighted by atomic mass is 10.3. The Balaban J connectivity index is 1.91. The fourth-order valence-corrected chi connectivity index (χ4v) is 2.78. The molecule has 2 aromatic heterocycles. The molecule has 0 aromatic carbocycles. The summed E-state index contributed by atoms with van der Waals surface area (Å²) in [5.74, 6) is 0. The molecule has 0 radical (unpaired) electrons. The highest BCUT2D eigenvalue weighted by Gasteiger charge is 2.11. The number of aryl methyl sites for hydroxylation is 1. The van der Waals surface area contributed by atoms with Crippen LogP contribution in [0.15, 0.2) is 11.6 Å². The summed E-state index contributed by atoms with van der Waals surface area (Å²) in [7, 11) is 0. The summed E-state index contributed by atoms with van der Waals surface area (Å²) in [6.07, 6.45) is 1.88. The van der Waals surface area contributed by atoms with E-state index in [9.17, 15) is 0 Å². The van der Waals surface area contributed by atoms with Crippen LogP contribution < -0.4 is 5.32 Å². The molecule has 5 nitrogen and oxygen atoms in total. The van der Waals surface area contributed by atoms with Gasteiger partial charge in [-0.2, -0.15) is 0 Å². The molecule has 0 spiro atoms. The molecule has 0 bridgehead atoms. The van der Waals surface area contributed by atoms with Crippen molar-refractivity contribution in [3.63, 3.8) is 0 Å². The molecule has 0 fully saturated rings. The van der Waals surface area contributed by atoms with E-state index in [4.69, 9.17) is 9.47 Å². The van der Waals surface area contributed by atoms with Crippen molar-refractivity contribution in [3.05, 3.63) is 23.0 Å². The van der Waals surface area contributed by atoms with Crippen LogP contribution in [0.3, 0.4) is 0 Å². The standard InChI is InChI=1S/C13H21N3O2S/c1-4-17-12(18-5-2)9-14-8-11-10(3)15-13-16(11)6-7-19-13/h6-7,12,14H,4-5,8-9H2,1-3H3. The fourth-order valence-electron chi connectivity index (χ4n) is 2.00. The Morgan fingerprint density at radius 2 is 2.11 bits per heavy atom. The molecule has 19 heavy (non-hydrogen) atoms. The number of fused-ring (bicyclic) bond motifs is 1. The van der Waals surface area contributed by atoms with Crippen LogP contribution in [0.2, 0.25) is 0 Å². The molecule has 0 amide bonds. The number of imidazole rings is 1. The lowest BCUT2D eigenvalue weighted by molar-refractivity contribution is -0.133. The van der Waals surface area contributed by atoms with Crippen molar-refractivity contribution in [2.24, 2.45) is 0 Å². The highest BCUT2D eigenvalue weighted by molar-refractivity contribution is 7.15. The molecule has 0 unspecified atom stereocenters. The summed E-state index contributed by atoms with van der Waals surface area (Å²) >= 11 is 1.65. The van der Waals surface area contributed by atoms with Crippen molar-refractivity contribution < 1.29 is 9.47 Å². The van der Waals surface area contributed by atoms with Gasteiger partial charge in [0.1, 0.15) is 0 Å². The van der Waals surface area contributed by atoms with Gasteiger partial charge in [0, 0.05) is 37.9 Å². The first-order valence-corrected chi connectivity index (χ1v) is 7.49. The van der Waals surface area contributed by atoms with Gasteiger partial charge in [-0.05, 0) is 20.8 Å². The van der Waals surface area contributed by atoms with Crippen molar-refractivity contribution >= 4 is 16.3 Å². The van der Waals surface area contributed by atoms with Gasteiger partial charge in [-0.3, -0.25) is 4.40 Å². The predicted molar refractivity (Wildman–Crippen MR) is 76.6 cm³/mol. The molecule has 1 N–H and O–H groups in total. The maximum atomic E-state index is 5.50. The quantitative estimate of drug-likeness (QED) is 0.755. The zero-order valence-electron chi connectivity index (χ0n) is 11.7.